The molecule has 0 amide bonds. The molecular weight excluding hydrogens is 252 g/mol. The second kappa shape index (κ2) is 5.77. The SMILES string of the molecule is O=c1[nH]c2ccccc2cc1CNC1CCCC1CO. The van der Waals surface area contributed by atoms with Gasteiger partial charge in [-0.2, -0.15) is 0 Å². The Kier molecular flexibility index (Phi) is 3.85. The first-order valence-corrected chi connectivity index (χ1v) is 7.23. The number of rotatable bonds is 4. The molecule has 0 radical (unpaired) electrons. The zero-order chi connectivity index (χ0) is 13.9. The second-order valence-corrected chi connectivity index (χ2v) is 5.57. The molecule has 1 aromatic heterocycles. The van der Waals surface area contributed by atoms with Gasteiger partial charge in [0, 0.05) is 30.3 Å². The van der Waals surface area contributed by atoms with Gasteiger partial charge in [0.1, 0.15) is 0 Å². The van der Waals surface area contributed by atoms with Gasteiger partial charge >= 0.3 is 0 Å². The van der Waals surface area contributed by atoms with Gasteiger partial charge in [-0.25, -0.2) is 0 Å². The molecule has 1 heterocycles. The smallest absolute Gasteiger partial charge is 0.252 e. The van der Waals surface area contributed by atoms with E-state index in [9.17, 15) is 9.90 Å². The fraction of sp³-hybridized carbons (Fsp3) is 0.438. The number of aliphatic hydroxyl groups excluding tert-OH is 1. The molecule has 20 heavy (non-hydrogen) atoms. The maximum atomic E-state index is 12.0. The number of hydrogen-bond donors (Lipinski definition) is 3. The molecule has 1 aromatic carbocycles. The minimum atomic E-state index is -0.0326. The summed E-state index contributed by atoms with van der Waals surface area (Å²) in [5, 5.41) is 13.8. The summed E-state index contributed by atoms with van der Waals surface area (Å²) in [7, 11) is 0. The fourth-order valence-electron chi connectivity index (χ4n) is 3.09. The van der Waals surface area contributed by atoms with Crippen molar-refractivity contribution in [1.29, 1.82) is 0 Å². The van der Waals surface area contributed by atoms with E-state index in [2.05, 4.69) is 10.3 Å². The molecule has 1 aliphatic rings. The molecule has 4 nitrogen and oxygen atoms in total. The monoisotopic (exact) mass is 272 g/mol. The Morgan fingerprint density at radius 3 is 3.00 bits per heavy atom. The molecule has 2 unspecified atom stereocenters. The predicted molar refractivity (Wildman–Crippen MR) is 79.6 cm³/mol. The normalized spacial score (nSPS) is 22.4. The fourth-order valence-corrected chi connectivity index (χ4v) is 3.09. The van der Waals surface area contributed by atoms with E-state index in [4.69, 9.17) is 0 Å². The zero-order valence-electron chi connectivity index (χ0n) is 11.4. The van der Waals surface area contributed by atoms with Gasteiger partial charge in [0.15, 0.2) is 0 Å². The molecule has 0 bridgehead atoms. The summed E-state index contributed by atoms with van der Waals surface area (Å²) in [5.74, 6) is 0.328. The molecule has 3 N–H and O–H groups in total. The summed E-state index contributed by atoms with van der Waals surface area (Å²) in [6.45, 7) is 0.785. The van der Waals surface area contributed by atoms with Gasteiger partial charge in [-0.15, -0.1) is 0 Å². The van der Waals surface area contributed by atoms with Gasteiger partial charge in [0.25, 0.3) is 5.56 Å². The third-order valence-electron chi connectivity index (χ3n) is 4.28. The van der Waals surface area contributed by atoms with Gasteiger partial charge in [0.2, 0.25) is 0 Å². The molecule has 0 saturated heterocycles. The van der Waals surface area contributed by atoms with E-state index in [1.165, 1.54) is 0 Å². The standard InChI is InChI=1S/C16H20N2O2/c19-10-12-5-3-7-14(12)17-9-13-8-11-4-1-2-6-15(11)18-16(13)20/h1-2,4,6,8,12,14,17,19H,3,5,7,9-10H2,(H,18,20). The Balaban J connectivity index is 1.77. The third-order valence-corrected chi connectivity index (χ3v) is 4.28. The molecule has 4 heteroatoms. The number of nitrogens with one attached hydrogen (secondary N) is 2. The average Bonchev–Trinajstić information content (AvgIpc) is 2.92. The number of para-hydroxylation sites is 1. The van der Waals surface area contributed by atoms with Crippen molar-refractivity contribution in [1.82, 2.24) is 10.3 Å². The number of aliphatic hydroxyl groups is 1. The maximum Gasteiger partial charge on any atom is 0.252 e. The van der Waals surface area contributed by atoms with Crippen molar-refractivity contribution in [2.75, 3.05) is 6.61 Å². The minimum Gasteiger partial charge on any atom is -0.396 e. The van der Waals surface area contributed by atoms with Crippen molar-refractivity contribution in [2.24, 2.45) is 5.92 Å². The lowest BCUT2D eigenvalue weighted by Gasteiger charge is -2.18. The zero-order valence-corrected chi connectivity index (χ0v) is 11.4. The highest BCUT2D eigenvalue weighted by Crippen LogP contribution is 2.25. The van der Waals surface area contributed by atoms with Crippen LogP contribution in [0.1, 0.15) is 24.8 Å². The highest BCUT2D eigenvalue weighted by atomic mass is 16.3. The predicted octanol–water partition coefficient (Wildman–Crippen LogP) is 1.78. The Bertz CT molecular complexity index is 650. The number of aromatic nitrogens is 1. The van der Waals surface area contributed by atoms with Crippen LogP contribution >= 0.6 is 0 Å². The van der Waals surface area contributed by atoms with Gasteiger partial charge < -0.3 is 15.4 Å². The minimum absolute atomic E-state index is 0.0326. The second-order valence-electron chi connectivity index (χ2n) is 5.57. The highest BCUT2D eigenvalue weighted by Gasteiger charge is 2.26. The maximum absolute atomic E-state index is 12.0. The molecule has 1 saturated carbocycles. The Morgan fingerprint density at radius 2 is 2.15 bits per heavy atom. The van der Waals surface area contributed by atoms with Crippen molar-refractivity contribution in [2.45, 2.75) is 31.8 Å². The summed E-state index contributed by atoms with van der Waals surface area (Å²) in [6, 6.07) is 10.1. The number of H-pyrrole nitrogens is 1. The first kappa shape index (κ1) is 13.3. The van der Waals surface area contributed by atoms with Crippen LogP contribution in [0.15, 0.2) is 35.1 Å². The molecule has 1 fully saturated rings. The highest BCUT2D eigenvalue weighted by molar-refractivity contribution is 5.78. The van der Waals surface area contributed by atoms with E-state index in [-0.39, 0.29) is 12.2 Å². The number of pyridine rings is 1. The molecule has 0 aliphatic heterocycles. The quantitative estimate of drug-likeness (QED) is 0.795. The Labute approximate surface area is 117 Å². The van der Waals surface area contributed by atoms with E-state index in [1.807, 2.05) is 30.3 Å². The van der Waals surface area contributed by atoms with Gasteiger partial charge in [-0.1, -0.05) is 24.6 Å². The number of aromatic amines is 1. The molecule has 2 aromatic rings. The van der Waals surface area contributed by atoms with Crippen LogP contribution in [0, 0.1) is 5.92 Å². The average molecular weight is 272 g/mol. The van der Waals surface area contributed by atoms with Crippen LogP contribution in [-0.4, -0.2) is 22.7 Å². The summed E-state index contributed by atoms with van der Waals surface area (Å²) in [6.07, 6.45) is 3.30. The van der Waals surface area contributed by atoms with Gasteiger partial charge in [0.05, 0.1) is 0 Å². The van der Waals surface area contributed by atoms with E-state index in [0.717, 1.165) is 35.7 Å². The summed E-state index contributed by atoms with van der Waals surface area (Å²) >= 11 is 0. The van der Waals surface area contributed by atoms with Gasteiger partial charge in [-0.3, -0.25) is 4.79 Å². The van der Waals surface area contributed by atoms with E-state index < -0.39 is 0 Å². The van der Waals surface area contributed by atoms with Crippen LogP contribution in [0.2, 0.25) is 0 Å². The van der Waals surface area contributed by atoms with Crippen LogP contribution in [0.4, 0.5) is 0 Å². The van der Waals surface area contributed by atoms with Gasteiger partial charge in [-0.05, 0) is 36.3 Å². The molecule has 0 spiro atoms. The Morgan fingerprint density at radius 1 is 1.30 bits per heavy atom. The van der Waals surface area contributed by atoms with Crippen molar-refractivity contribution in [3.05, 3.63) is 46.2 Å². The summed E-state index contributed by atoms with van der Waals surface area (Å²) < 4.78 is 0. The Hall–Kier alpha value is -1.65. The molecule has 1 aliphatic carbocycles. The molecule has 3 rings (SSSR count). The summed E-state index contributed by atoms with van der Waals surface area (Å²) in [4.78, 5) is 15.0. The van der Waals surface area contributed by atoms with Crippen molar-refractivity contribution < 1.29 is 5.11 Å². The summed E-state index contributed by atoms with van der Waals surface area (Å²) in [5.41, 5.74) is 1.59. The molecule has 2 atom stereocenters. The largest absolute Gasteiger partial charge is 0.396 e. The van der Waals surface area contributed by atoms with E-state index in [1.54, 1.807) is 0 Å². The van der Waals surface area contributed by atoms with Crippen molar-refractivity contribution >= 4 is 10.9 Å². The number of fused-ring (bicyclic) bond motifs is 1. The van der Waals surface area contributed by atoms with E-state index in [0.29, 0.717) is 18.5 Å². The third kappa shape index (κ3) is 2.62. The van der Waals surface area contributed by atoms with Crippen LogP contribution < -0.4 is 10.9 Å². The number of hydrogen-bond acceptors (Lipinski definition) is 3. The van der Waals surface area contributed by atoms with E-state index >= 15 is 0 Å². The van der Waals surface area contributed by atoms with Crippen LogP contribution in [0.3, 0.4) is 0 Å². The lowest BCUT2D eigenvalue weighted by atomic mass is 10.0. The van der Waals surface area contributed by atoms with Crippen LogP contribution in [0.5, 0.6) is 0 Å². The molecular formula is C16H20N2O2. The van der Waals surface area contributed by atoms with Crippen LogP contribution in [0.25, 0.3) is 10.9 Å². The lowest BCUT2D eigenvalue weighted by Crippen LogP contribution is -2.35. The topological polar surface area (TPSA) is 65.1 Å². The first-order chi connectivity index (χ1) is 9.78. The van der Waals surface area contributed by atoms with Crippen molar-refractivity contribution in [3.63, 3.8) is 0 Å². The molecule has 106 valence electrons. The van der Waals surface area contributed by atoms with Crippen molar-refractivity contribution in [3.8, 4) is 0 Å². The number of benzene rings is 1. The first-order valence-electron chi connectivity index (χ1n) is 7.23. The van der Waals surface area contributed by atoms with Crippen LogP contribution in [-0.2, 0) is 6.54 Å². The lowest BCUT2D eigenvalue weighted by molar-refractivity contribution is 0.205.